The van der Waals surface area contributed by atoms with Crippen LogP contribution in [-0.2, 0) is 10.0 Å². The summed E-state index contributed by atoms with van der Waals surface area (Å²) >= 11 is 5.90. The summed E-state index contributed by atoms with van der Waals surface area (Å²) in [7, 11) is -2.54. The number of ether oxygens (including phenoxy) is 2. The first kappa shape index (κ1) is 22.0. The average Bonchev–Trinajstić information content (AvgIpc) is 2.66. The van der Waals surface area contributed by atoms with Crippen LogP contribution in [0.4, 0.5) is 0 Å². The number of methoxy groups -OCH3 is 1. The molecule has 0 saturated carbocycles. The van der Waals surface area contributed by atoms with Crippen molar-refractivity contribution in [3.05, 3.63) is 53.1 Å². The van der Waals surface area contributed by atoms with Crippen LogP contribution < -0.4 is 19.7 Å². The van der Waals surface area contributed by atoms with Crippen molar-refractivity contribution in [2.75, 3.05) is 13.7 Å². The molecule has 0 aromatic heterocycles. The van der Waals surface area contributed by atoms with Gasteiger partial charge in [-0.3, -0.25) is 10.2 Å². The highest BCUT2D eigenvalue weighted by atomic mass is 35.5. The molecule has 0 bridgehead atoms. The van der Waals surface area contributed by atoms with E-state index in [9.17, 15) is 13.2 Å². The topological polar surface area (TPSA) is 93.7 Å². The van der Waals surface area contributed by atoms with Crippen molar-refractivity contribution >= 4 is 27.5 Å². The van der Waals surface area contributed by atoms with E-state index in [-0.39, 0.29) is 15.5 Å². The largest absolute Gasteiger partial charge is 0.493 e. The van der Waals surface area contributed by atoms with Gasteiger partial charge in [-0.2, -0.15) is 0 Å². The molecule has 2 aromatic carbocycles. The summed E-state index contributed by atoms with van der Waals surface area (Å²) < 4.78 is 35.5. The number of benzene rings is 2. The number of sulfonamides is 1. The van der Waals surface area contributed by atoms with E-state index >= 15 is 0 Å². The van der Waals surface area contributed by atoms with Gasteiger partial charge < -0.3 is 9.47 Å². The maximum absolute atomic E-state index is 12.3. The second kappa shape index (κ2) is 9.77. The molecule has 0 radical (unpaired) electrons. The molecule has 0 unspecified atom stereocenters. The summed E-state index contributed by atoms with van der Waals surface area (Å²) in [6.45, 7) is 4.71. The normalized spacial score (nSPS) is 11.3. The molecule has 9 heteroatoms. The van der Waals surface area contributed by atoms with Crippen LogP contribution in [0.2, 0.25) is 5.02 Å². The van der Waals surface area contributed by atoms with E-state index in [4.69, 9.17) is 21.1 Å². The van der Waals surface area contributed by atoms with Crippen molar-refractivity contribution < 1.29 is 22.7 Å². The molecule has 2 rings (SSSR count). The van der Waals surface area contributed by atoms with Gasteiger partial charge in [0.1, 0.15) is 4.90 Å². The van der Waals surface area contributed by atoms with E-state index in [0.29, 0.717) is 24.0 Å². The molecule has 2 aromatic rings. The summed E-state index contributed by atoms with van der Waals surface area (Å²) in [6, 6.07) is 10.5. The zero-order valence-corrected chi connectivity index (χ0v) is 17.4. The Balaban J connectivity index is 2.07. The van der Waals surface area contributed by atoms with Crippen LogP contribution in [0.5, 0.6) is 11.5 Å². The van der Waals surface area contributed by atoms with Gasteiger partial charge in [-0.1, -0.05) is 37.6 Å². The number of halogens is 1. The lowest BCUT2D eigenvalue weighted by molar-refractivity contribution is 0.0944. The molecule has 0 aliphatic heterocycles. The third-order valence-electron chi connectivity index (χ3n) is 3.80. The minimum absolute atomic E-state index is 0.0498. The van der Waals surface area contributed by atoms with E-state index in [1.165, 1.54) is 37.4 Å². The van der Waals surface area contributed by atoms with Gasteiger partial charge in [0.2, 0.25) is 0 Å². The fourth-order valence-corrected chi connectivity index (χ4v) is 3.60. The molecule has 7 nitrogen and oxygen atoms in total. The van der Waals surface area contributed by atoms with Crippen LogP contribution in [0, 0.1) is 5.92 Å². The van der Waals surface area contributed by atoms with Gasteiger partial charge >= 0.3 is 0 Å². The quantitative estimate of drug-likeness (QED) is 0.599. The van der Waals surface area contributed by atoms with Gasteiger partial charge in [-0.25, -0.2) is 8.42 Å². The fourth-order valence-electron chi connectivity index (χ4n) is 2.24. The lowest BCUT2D eigenvalue weighted by Crippen LogP contribution is -2.41. The third-order valence-corrected chi connectivity index (χ3v) is 5.55. The highest BCUT2D eigenvalue weighted by molar-refractivity contribution is 7.89. The molecule has 1 amide bonds. The Morgan fingerprint density at radius 3 is 2.50 bits per heavy atom. The molecule has 2 N–H and O–H groups in total. The SMILES string of the molecule is COc1cc(C(=O)NNS(=O)(=O)c2ccccc2Cl)ccc1OCCC(C)C. The van der Waals surface area contributed by atoms with Crippen LogP contribution in [0.25, 0.3) is 0 Å². The number of amides is 1. The van der Waals surface area contributed by atoms with Crippen LogP contribution in [-0.4, -0.2) is 28.0 Å². The molecule has 0 spiro atoms. The second-order valence-corrected chi connectivity index (χ2v) is 8.44. The van der Waals surface area contributed by atoms with Crippen molar-refractivity contribution in [2.24, 2.45) is 5.92 Å². The van der Waals surface area contributed by atoms with E-state index in [0.717, 1.165) is 6.42 Å². The minimum Gasteiger partial charge on any atom is -0.493 e. The maximum Gasteiger partial charge on any atom is 0.266 e. The lowest BCUT2D eigenvalue weighted by Gasteiger charge is -2.13. The van der Waals surface area contributed by atoms with Gasteiger partial charge in [-0.05, 0) is 42.7 Å². The highest BCUT2D eigenvalue weighted by Crippen LogP contribution is 2.28. The van der Waals surface area contributed by atoms with E-state index in [1.54, 1.807) is 12.1 Å². The summed E-state index contributed by atoms with van der Waals surface area (Å²) in [6.07, 6.45) is 0.884. The average molecular weight is 427 g/mol. The van der Waals surface area contributed by atoms with E-state index in [2.05, 4.69) is 19.3 Å². The van der Waals surface area contributed by atoms with E-state index in [1.807, 2.05) is 4.83 Å². The van der Waals surface area contributed by atoms with Crippen LogP contribution in [0.3, 0.4) is 0 Å². The smallest absolute Gasteiger partial charge is 0.266 e. The minimum atomic E-state index is -4.01. The summed E-state index contributed by atoms with van der Waals surface area (Å²) in [5.74, 6) is 0.742. The number of hydrogen-bond donors (Lipinski definition) is 2. The Morgan fingerprint density at radius 1 is 1.14 bits per heavy atom. The number of carbonyl (C=O) groups excluding carboxylic acids is 1. The van der Waals surface area contributed by atoms with Gasteiger partial charge in [0, 0.05) is 5.56 Å². The van der Waals surface area contributed by atoms with Crippen LogP contribution in [0.15, 0.2) is 47.4 Å². The first-order chi connectivity index (χ1) is 13.2. The van der Waals surface area contributed by atoms with Crippen molar-refractivity contribution in [3.8, 4) is 11.5 Å². The predicted octanol–water partition coefficient (Wildman–Crippen LogP) is 3.40. The summed E-state index contributed by atoms with van der Waals surface area (Å²) in [5, 5.41) is 0.0498. The number of hydrazine groups is 1. The molecule has 0 heterocycles. The first-order valence-corrected chi connectivity index (χ1v) is 10.5. The number of carbonyl (C=O) groups is 1. The zero-order valence-electron chi connectivity index (χ0n) is 15.9. The van der Waals surface area contributed by atoms with Crippen molar-refractivity contribution in [1.82, 2.24) is 10.3 Å². The summed E-state index contributed by atoms with van der Waals surface area (Å²) in [4.78, 5) is 14.2. The van der Waals surface area contributed by atoms with Gasteiger partial charge in [0.25, 0.3) is 15.9 Å². The molecule has 152 valence electrons. The van der Waals surface area contributed by atoms with Crippen molar-refractivity contribution in [3.63, 3.8) is 0 Å². The van der Waals surface area contributed by atoms with Gasteiger partial charge in [-0.15, -0.1) is 4.83 Å². The van der Waals surface area contributed by atoms with Gasteiger partial charge in [0.05, 0.1) is 18.7 Å². The first-order valence-electron chi connectivity index (χ1n) is 8.62. The van der Waals surface area contributed by atoms with Crippen LogP contribution in [0.1, 0.15) is 30.6 Å². The molecular weight excluding hydrogens is 404 g/mol. The fraction of sp³-hybridized carbons (Fsp3) is 0.316. The standard InChI is InChI=1S/C19H23ClN2O5S/c1-13(2)10-11-27-16-9-8-14(12-17(16)26-3)19(23)21-22-28(24,25)18-7-5-4-6-15(18)20/h4-9,12-13,22H,10-11H2,1-3H3,(H,21,23). The second-order valence-electron chi connectivity index (χ2n) is 6.39. The van der Waals surface area contributed by atoms with Gasteiger partial charge in [0.15, 0.2) is 11.5 Å². The monoisotopic (exact) mass is 426 g/mol. The van der Waals surface area contributed by atoms with E-state index < -0.39 is 15.9 Å². The molecule has 0 aliphatic rings. The zero-order chi connectivity index (χ0) is 20.7. The van der Waals surface area contributed by atoms with Crippen LogP contribution >= 0.6 is 11.6 Å². The predicted molar refractivity (Wildman–Crippen MR) is 107 cm³/mol. The number of rotatable bonds is 9. The number of nitrogens with one attached hydrogen (secondary N) is 2. The molecule has 28 heavy (non-hydrogen) atoms. The Bertz CT molecular complexity index is 932. The Morgan fingerprint density at radius 2 is 1.86 bits per heavy atom. The molecule has 0 aliphatic carbocycles. The Hall–Kier alpha value is -2.29. The summed E-state index contributed by atoms with van der Waals surface area (Å²) in [5.41, 5.74) is 2.37. The molecule has 0 saturated heterocycles. The molecular formula is C19H23ClN2O5S. The lowest BCUT2D eigenvalue weighted by atomic mass is 10.1. The third kappa shape index (κ3) is 5.85. The van der Waals surface area contributed by atoms with Crippen molar-refractivity contribution in [2.45, 2.75) is 25.2 Å². The number of hydrogen-bond acceptors (Lipinski definition) is 5. The highest BCUT2D eigenvalue weighted by Gasteiger charge is 2.19. The Kier molecular flexibility index (Phi) is 7.68. The molecule has 0 atom stereocenters. The maximum atomic E-state index is 12.3. The Labute approximate surface area is 170 Å². The molecule has 0 fully saturated rings. The van der Waals surface area contributed by atoms with Crippen molar-refractivity contribution in [1.29, 1.82) is 0 Å².